The molecule has 2 aliphatic heterocycles. The summed E-state index contributed by atoms with van der Waals surface area (Å²) in [4.78, 5) is 78.4. The highest BCUT2D eigenvalue weighted by molar-refractivity contribution is 6.12. The van der Waals surface area contributed by atoms with Crippen molar-refractivity contribution in [2.45, 2.75) is 64.2 Å². The topological polar surface area (TPSA) is 202 Å². The van der Waals surface area contributed by atoms with Crippen molar-refractivity contribution >= 4 is 46.7 Å². The molecule has 296 valence electrons. The Balaban J connectivity index is 0.839. The van der Waals surface area contributed by atoms with E-state index in [1.807, 2.05) is 30.3 Å². The van der Waals surface area contributed by atoms with Crippen LogP contribution in [0.4, 0.5) is 17.2 Å². The smallest absolute Gasteiger partial charge is 0.278 e. The molecule has 56 heavy (non-hydrogen) atoms. The Morgan fingerprint density at radius 3 is 2.34 bits per heavy atom. The number of carbonyl (C=O) groups excluding carboxylic acids is 5. The van der Waals surface area contributed by atoms with E-state index < -0.39 is 5.91 Å². The molecule has 2 fully saturated rings. The van der Waals surface area contributed by atoms with E-state index in [0.29, 0.717) is 63.7 Å². The van der Waals surface area contributed by atoms with Gasteiger partial charge in [-0.05, 0) is 68.9 Å². The number of rotatable bonds is 17. The molecule has 1 saturated carbocycles. The van der Waals surface area contributed by atoms with Crippen molar-refractivity contribution in [2.75, 3.05) is 61.9 Å². The van der Waals surface area contributed by atoms with Crippen molar-refractivity contribution < 1.29 is 28.7 Å². The van der Waals surface area contributed by atoms with Gasteiger partial charge in [0.05, 0.1) is 42.7 Å². The molecule has 6 rings (SSSR count). The van der Waals surface area contributed by atoms with Gasteiger partial charge in [0, 0.05) is 69.0 Å². The summed E-state index contributed by atoms with van der Waals surface area (Å²) in [5.74, 6) is -0.630. The van der Waals surface area contributed by atoms with Crippen molar-refractivity contribution in [3.8, 4) is 11.3 Å². The van der Waals surface area contributed by atoms with Crippen LogP contribution in [0.2, 0.25) is 0 Å². The Kier molecular flexibility index (Phi) is 14.1. The number of nitrogens with one attached hydrogen (secondary N) is 3. The zero-order valence-electron chi connectivity index (χ0n) is 31.7. The van der Waals surface area contributed by atoms with Crippen LogP contribution in [-0.4, -0.2) is 95.3 Å². The standard InChI is InChI=1S/C41H51N9O6/c42-39-38(41(55)48-33-25-43-20-17-34(33)49-21-23-56-24-22-49)47-32(26-46-39)30-11-7-28(8-12-30)5-4-19-44-35(51)6-2-1-3-18-45-40(54)31-13-9-29(10-14-31)27-50-36(52)15-16-37(50)53/h7-8,11-12,15-17,20,25-26,29,31H,1-6,9-10,13-14,18-19,21-24,27H2,(H2,42,46)(H,44,51)(H,45,54)(H,48,55). The van der Waals surface area contributed by atoms with Gasteiger partial charge in [0.25, 0.3) is 17.7 Å². The quantitative estimate of drug-likeness (QED) is 0.115. The fourth-order valence-electron chi connectivity index (χ4n) is 7.32. The first-order chi connectivity index (χ1) is 27.2. The molecule has 1 saturated heterocycles. The maximum Gasteiger partial charge on any atom is 0.278 e. The van der Waals surface area contributed by atoms with E-state index >= 15 is 0 Å². The summed E-state index contributed by atoms with van der Waals surface area (Å²) in [6, 6.07) is 9.73. The normalized spacial score (nSPS) is 18.2. The maximum atomic E-state index is 13.3. The number of pyridine rings is 1. The van der Waals surface area contributed by atoms with Gasteiger partial charge in [-0.2, -0.15) is 0 Å². The number of morpholine rings is 1. The molecule has 3 aromatic rings. The molecule has 0 spiro atoms. The van der Waals surface area contributed by atoms with Gasteiger partial charge in [-0.25, -0.2) is 9.97 Å². The molecule has 15 nitrogen and oxygen atoms in total. The first-order valence-corrected chi connectivity index (χ1v) is 19.6. The largest absolute Gasteiger partial charge is 0.382 e. The minimum Gasteiger partial charge on any atom is -0.382 e. The highest BCUT2D eigenvalue weighted by Crippen LogP contribution is 2.30. The molecule has 1 aliphatic carbocycles. The van der Waals surface area contributed by atoms with Crippen LogP contribution in [0, 0.1) is 11.8 Å². The van der Waals surface area contributed by atoms with Crippen LogP contribution in [0.1, 0.15) is 73.8 Å². The highest BCUT2D eigenvalue weighted by Gasteiger charge is 2.31. The van der Waals surface area contributed by atoms with Gasteiger partial charge in [-0.15, -0.1) is 0 Å². The SMILES string of the molecule is Nc1ncc(-c2ccc(CCCNC(=O)CCCCCNC(=O)C3CCC(CN4C(=O)C=CC4=O)CC3)cc2)nc1C(=O)Nc1cnccc1N1CCOCC1. The zero-order chi connectivity index (χ0) is 39.3. The number of carbonyl (C=O) groups is 5. The lowest BCUT2D eigenvalue weighted by Gasteiger charge is -2.30. The lowest BCUT2D eigenvalue weighted by molar-refractivity contribution is -0.138. The summed E-state index contributed by atoms with van der Waals surface area (Å²) >= 11 is 0. The van der Waals surface area contributed by atoms with Crippen LogP contribution >= 0.6 is 0 Å². The Bertz CT molecular complexity index is 1870. The lowest BCUT2D eigenvalue weighted by atomic mass is 9.81. The molecule has 0 atom stereocenters. The molecular weight excluding hydrogens is 715 g/mol. The number of hydrogen-bond donors (Lipinski definition) is 4. The first-order valence-electron chi connectivity index (χ1n) is 19.6. The van der Waals surface area contributed by atoms with Gasteiger partial charge in [-0.3, -0.25) is 33.9 Å². The Labute approximate surface area is 326 Å². The van der Waals surface area contributed by atoms with Gasteiger partial charge in [0.15, 0.2) is 11.5 Å². The zero-order valence-corrected chi connectivity index (χ0v) is 31.7. The van der Waals surface area contributed by atoms with Gasteiger partial charge < -0.3 is 31.3 Å². The summed E-state index contributed by atoms with van der Waals surface area (Å²) in [6.07, 6.45) is 15.1. The molecule has 1 aromatic carbocycles. The molecule has 0 bridgehead atoms. The van der Waals surface area contributed by atoms with Crippen LogP contribution < -0.4 is 26.6 Å². The summed E-state index contributed by atoms with van der Waals surface area (Å²) in [6.45, 7) is 4.24. The van der Waals surface area contributed by atoms with Gasteiger partial charge in [-0.1, -0.05) is 30.7 Å². The summed E-state index contributed by atoms with van der Waals surface area (Å²) in [5, 5.41) is 8.95. The summed E-state index contributed by atoms with van der Waals surface area (Å²) in [5.41, 5.74) is 9.96. The Morgan fingerprint density at radius 1 is 0.857 bits per heavy atom. The van der Waals surface area contributed by atoms with E-state index in [4.69, 9.17) is 10.5 Å². The highest BCUT2D eigenvalue weighted by atomic mass is 16.5. The Hall–Kier alpha value is -5.70. The Morgan fingerprint density at radius 2 is 1.59 bits per heavy atom. The third kappa shape index (κ3) is 11.0. The number of benzene rings is 1. The molecule has 5 amide bonds. The van der Waals surface area contributed by atoms with Crippen molar-refractivity contribution in [3.05, 3.63) is 72.3 Å². The predicted molar refractivity (Wildman–Crippen MR) is 211 cm³/mol. The maximum absolute atomic E-state index is 13.3. The molecule has 0 unspecified atom stereocenters. The number of anilines is 3. The van der Waals surface area contributed by atoms with Crippen molar-refractivity contribution in [1.82, 2.24) is 30.5 Å². The molecule has 0 radical (unpaired) electrons. The van der Waals surface area contributed by atoms with Crippen LogP contribution in [0.25, 0.3) is 11.3 Å². The number of unbranched alkanes of at least 4 members (excludes halogenated alkanes) is 2. The number of nitrogens with two attached hydrogens (primary N) is 1. The summed E-state index contributed by atoms with van der Waals surface area (Å²) in [7, 11) is 0. The minimum absolute atomic E-state index is 0.0249. The number of aromatic nitrogens is 3. The third-order valence-corrected chi connectivity index (χ3v) is 10.6. The van der Waals surface area contributed by atoms with Crippen molar-refractivity contribution in [1.29, 1.82) is 0 Å². The second-order valence-corrected chi connectivity index (χ2v) is 14.5. The molecule has 15 heteroatoms. The number of nitrogen functional groups attached to an aromatic ring is 1. The molecule has 5 N–H and O–H groups in total. The van der Waals surface area contributed by atoms with E-state index in [-0.39, 0.29) is 47.0 Å². The van der Waals surface area contributed by atoms with Gasteiger partial charge in [0.1, 0.15) is 0 Å². The van der Waals surface area contributed by atoms with Crippen molar-refractivity contribution in [2.24, 2.45) is 11.8 Å². The van der Waals surface area contributed by atoms with Crippen LogP contribution in [-0.2, 0) is 30.3 Å². The number of aryl methyl sites for hydroxylation is 1. The second-order valence-electron chi connectivity index (χ2n) is 14.5. The molecular formula is C41H51N9O6. The van der Waals surface area contributed by atoms with E-state index in [1.165, 1.54) is 17.1 Å². The van der Waals surface area contributed by atoms with E-state index in [9.17, 15) is 24.0 Å². The van der Waals surface area contributed by atoms with Gasteiger partial charge in [0.2, 0.25) is 11.8 Å². The monoisotopic (exact) mass is 765 g/mol. The lowest BCUT2D eigenvalue weighted by Crippen LogP contribution is -2.38. The number of ether oxygens (including phenoxy) is 1. The molecule has 3 aliphatic rings. The van der Waals surface area contributed by atoms with Crippen LogP contribution in [0.5, 0.6) is 0 Å². The van der Waals surface area contributed by atoms with Crippen LogP contribution in [0.3, 0.4) is 0 Å². The van der Waals surface area contributed by atoms with Crippen LogP contribution in [0.15, 0.2) is 61.1 Å². The summed E-state index contributed by atoms with van der Waals surface area (Å²) < 4.78 is 5.46. The predicted octanol–water partition coefficient (Wildman–Crippen LogP) is 3.67. The van der Waals surface area contributed by atoms with Gasteiger partial charge >= 0.3 is 0 Å². The van der Waals surface area contributed by atoms with E-state index in [0.717, 1.165) is 74.6 Å². The second kappa shape index (κ2) is 19.8. The average Bonchev–Trinajstić information content (AvgIpc) is 3.54. The molecule has 2 aromatic heterocycles. The fourth-order valence-corrected chi connectivity index (χ4v) is 7.32. The number of amides is 5. The molecule has 4 heterocycles. The fraction of sp³-hybridized carbons (Fsp3) is 0.463. The number of hydrogen-bond acceptors (Lipinski definition) is 11. The third-order valence-electron chi connectivity index (χ3n) is 10.6. The van der Waals surface area contributed by atoms with E-state index in [1.54, 1.807) is 18.6 Å². The first kappa shape index (κ1) is 40.0. The number of nitrogens with zero attached hydrogens (tertiary/aromatic N) is 5. The average molecular weight is 766 g/mol. The van der Waals surface area contributed by atoms with E-state index in [2.05, 4.69) is 35.8 Å². The number of imide groups is 1. The van der Waals surface area contributed by atoms with Crippen molar-refractivity contribution in [3.63, 3.8) is 0 Å². The minimum atomic E-state index is -0.471.